The summed E-state index contributed by atoms with van der Waals surface area (Å²) in [5.41, 5.74) is 0. The van der Waals surface area contributed by atoms with Crippen LogP contribution in [0.3, 0.4) is 0 Å². The van der Waals surface area contributed by atoms with Gasteiger partial charge in [0.05, 0.1) is 0 Å². The summed E-state index contributed by atoms with van der Waals surface area (Å²) in [6.45, 7) is 2.67. The van der Waals surface area contributed by atoms with Crippen LogP contribution < -0.4 is 0 Å². The Hall–Kier alpha value is -1.92. The highest BCUT2D eigenvalue weighted by molar-refractivity contribution is 5.97. The first-order valence-corrected chi connectivity index (χ1v) is 4.44. The third kappa shape index (κ3) is 4.07. The lowest BCUT2D eigenvalue weighted by molar-refractivity contribution is -0.162. The molecule has 0 aromatic heterocycles. The molecular weight excluding hydrogens is 218 g/mol. The second-order valence-corrected chi connectivity index (χ2v) is 3.06. The summed E-state index contributed by atoms with van der Waals surface area (Å²) in [7, 11) is 0. The van der Waals surface area contributed by atoms with E-state index in [1.165, 1.54) is 0 Å². The Morgan fingerprint density at radius 1 is 1.12 bits per heavy atom. The second kappa shape index (κ2) is 5.84. The van der Waals surface area contributed by atoms with Gasteiger partial charge in [0.1, 0.15) is 6.61 Å². The molecule has 0 heterocycles. The second-order valence-electron chi connectivity index (χ2n) is 3.06. The van der Waals surface area contributed by atoms with Gasteiger partial charge in [-0.25, -0.2) is 4.79 Å². The first kappa shape index (κ1) is 14.1. The molecule has 0 spiro atoms. The summed E-state index contributed by atoms with van der Waals surface area (Å²) in [4.78, 5) is 44.0. The van der Waals surface area contributed by atoms with Gasteiger partial charge in [0.25, 0.3) is 0 Å². The quantitative estimate of drug-likeness (QED) is 0.648. The molecule has 1 atom stereocenters. The van der Waals surface area contributed by atoms with Crippen LogP contribution in [-0.4, -0.2) is 46.4 Å². The van der Waals surface area contributed by atoms with Crippen LogP contribution in [0, 0.1) is 0 Å². The number of ether oxygens (including phenoxy) is 1. The summed E-state index contributed by atoms with van der Waals surface area (Å²) in [6, 6.07) is -1.49. The first-order valence-electron chi connectivity index (χ1n) is 4.44. The number of carbonyl (C=O) groups is 4. The van der Waals surface area contributed by atoms with E-state index in [4.69, 9.17) is 5.11 Å². The highest BCUT2D eigenvalue weighted by Crippen LogP contribution is 2.03. The van der Waals surface area contributed by atoms with Crippen molar-refractivity contribution >= 4 is 23.8 Å². The zero-order valence-corrected chi connectivity index (χ0v) is 9.22. The lowest BCUT2D eigenvalue weighted by atomic mass is 10.2. The summed E-state index contributed by atoms with van der Waals surface area (Å²) in [5.74, 6) is -3.52. The van der Waals surface area contributed by atoms with E-state index >= 15 is 0 Å². The van der Waals surface area contributed by atoms with E-state index in [1.807, 2.05) is 0 Å². The molecule has 0 unspecified atom stereocenters. The van der Waals surface area contributed by atoms with Crippen molar-refractivity contribution in [3.05, 3.63) is 0 Å². The van der Waals surface area contributed by atoms with Crippen LogP contribution in [0.1, 0.15) is 20.8 Å². The number of rotatable bonds is 4. The molecule has 0 aromatic rings. The van der Waals surface area contributed by atoms with Crippen molar-refractivity contribution in [3.63, 3.8) is 0 Å². The smallest absolute Gasteiger partial charge is 0.330 e. The van der Waals surface area contributed by atoms with Crippen LogP contribution in [0.15, 0.2) is 0 Å². The van der Waals surface area contributed by atoms with E-state index in [0.717, 1.165) is 20.8 Å². The molecule has 0 saturated carbocycles. The van der Waals surface area contributed by atoms with Crippen molar-refractivity contribution in [2.24, 2.45) is 0 Å². The predicted molar refractivity (Wildman–Crippen MR) is 51.3 cm³/mol. The number of imide groups is 1. The van der Waals surface area contributed by atoms with Crippen molar-refractivity contribution in [2.75, 3.05) is 6.61 Å². The normalized spacial score (nSPS) is 11.4. The molecule has 0 aromatic carbocycles. The molecule has 0 aliphatic carbocycles. The van der Waals surface area contributed by atoms with E-state index in [9.17, 15) is 19.2 Å². The number of carboxylic acid groups (broad SMARTS) is 1. The topological polar surface area (TPSA) is 101 Å². The van der Waals surface area contributed by atoms with Gasteiger partial charge in [-0.1, -0.05) is 0 Å². The highest BCUT2D eigenvalue weighted by atomic mass is 16.5. The van der Waals surface area contributed by atoms with Crippen LogP contribution in [0.4, 0.5) is 0 Å². The molecule has 0 saturated heterocycles. The fourth-order valence-corrected chi connectivity index (χ4v) is 1.11. The predicted octanol–water partition coefficient (Wildman–Crippen LogP) is -0.602. The average Bonchev–Trinajstić information content (AvgIpc) is 2.09. The molecule has 90 valence electrons. The Morgan fingerprint density at radius 3 is 1.81 bits per heavy atom. The molecule has 0 rings (SSSR count). The SMILES string of the molecule is CC(=O)OC[C@H](C(=O)O)N(C(C)=O)C(C)=O. The standard InChI is InChI=1S/C9H13NO6/c1-5(11)10(6(2)12)8(9(14)15)4-16-7(3)13/h8H,4H2,1-3H3,(H,14,15)/t8-/m1/s1. The maximum absolute atomic E-state index is 11.1. The number of hydrogen-bond donors (Lipinski definition) is 1. The minimum absolute atomic E-state index is 0.533. The van der Waals surface area contributed by atoms with E-state index in [0.29, 0.717) is 4.90 Å². The van der Waals surface area contributed by atoms with E-state index in [-0.39, 0.29) is 0 Å². The van der Waals surface area contributed by atoms with Crippen LogP contribution in [0.5, 0.6) is 0 Å². The van der Waals surface area contributed by atoms with Crippen molar-refractivity contribution in [1.29, 1.82) is 0 Å². The van der Waals surface area contributed by atoms with Crippen molar-refractivity contribution in [1.82, 2.24) is 4.90 Å². The van der Waals surface area contributed by atoms with Gasteiger partial charge in [0.15, 0.2) is 6.04 Å². The van der Waals surface area contributed by atoms with E-state index in [2.05, 4.69) is 4.74 Å². The van der Waals surface area contributed by atoms with Gasteiger partial charge in [-0.2, -0.15) is 0 Å². The molecule has 0 radical (unpaired) electrons. The molecule has 1 N–H and O–H groups in total. The van der Waals surface area contributed by atoms with E-state index < -0.39 is 36.4 Å². The van der Waals surface area contributed by atoms with Gasteiger partial charge in [-0.05, 0) is 0 Å². The Kier molecular flexibility index (Phi) is 5.14. The summed E-state index contributed by atoms with van der Waals surface area (Å²) < 4.78 is 4.48. The van der Waals surface area contributed by atoms with Crippen molar-refractivity contribution in [2.45, 2.75) is 26.8 Å². The van der Waals surface area contributed by atoms with Crippen LogP contribution >= 0.6 is 0 Å². The zero-order valence-electron chi connectivity index (χ0n) is 9.22. The Balaban J connectivity index is 4.86. The number of hydrogen-bond acceptors (Lipinski definition) is 5. The Morgan fingerprint density at radius 2 is 1.56 bits per heavy atom. The fraction of sp³-hybridized carbons (Fsp3) is 0.556. The molecule has 0 aliphatic heterocycles. The molecular formula is C9H13NO6. The Bertz CT molecular complexity index is 310. The van der Waals surface area contributed by atoms with Gasteiger partial charge in [0.2, 0.25) is 11.8 Å². The van der Waals surface area contributed by atoms with Gasteiger partial charge < -0.3 is 9.84 Å². The van der Waals surface area contributed by atoms with Gasteiger partial charge >= 0.3 is 11.9 Å². The molecule has 0 fully saturated rings. The molecule has 16 heavy (non-hydrogen) atoms. The molecule has 0 aliphatic rings. The zero-order chi connectivity index (χ0) is 12.9. The largest absolute Gasteiger partial charge is 0.480 e. The lowest BCUT2D eigenvalue weighted by Gasteiger charge is -2.24. The van der Waals surface area contributed by atoms with E-state index in [1.54, 1.807) is 0 Å². The van der Waals surface area contributed by atoms with Crippen LogP contribution in [0.2, 0.25) is 0 Å². The third-order valence-corrected chi connectivity index (χ3v) is 1.72. The lowest BCUT2D eigenvalue weighted by Crippen LogP contribution is -2.49. The molecule has 2 amide bonds. The molecule has 7 nitrogen and oxygen atoms in total. The number of esters is 1. The summed E-state index contributed by atoms with van der Waals surface area (Å²) in [6.07, 6.45) is 0. The maximum Gasteiger partial charge on any atom is 0.330 e. The van der Waals surface area contributed by atoms with Crippen LogP contribution in [0.25, 0.3) is 0 Å². The number of aliphatic carboxylic acids is 1. The highest BCUT2D eigenvalue weighted by Gasteiger charge is 2.31. The minimum Gasteiger partial charge on any atom is -0.480 e. The fourth-order valence-electron chi connectivity index (χ4n) is 1.11. The number of amides is 2. The first-order chi connectivity index (χ1) is 7.27. The third-order valence-electron chi connectivity index (χ3n) is 1.72. The number of carbonyl (C=O) groups excluding carboxylic acids is 3. The van der Waals surface area contributed by atoms with Crippen molar-refractivity contribution in [3.8, 4) is 0 Å². The summed E-state index contributed by atoms with van der Waals surface area (Å²) >= 11 is 0. The summed E-state index contributed by atoms with van der Waals surface area (Å²) in [5, 5.41) is 8.82. The van der Waals surface area contributed by atoms with Gasteiger partial charge in [-0.3, -0.25) is 19.3 Å². The average molecular weight is 231 g/mol. The number of nitrogens with zero attached hydrogens (tertiary/aromatic N) is 1. The minimum atomic E-state index is -1.49. The Labute approximate surface area is 92.0 Å². The van der Waals surface area contributed by atoms with Crippen LogP contribution in [-0.2, 0) is 23.9 Å². The number of carboxylic acids is 1. The van der Waals surface area contributed by atoms with Crippen molar-refractivity contribution < 1.29 is 29.0 Å². The monoisotopic (exact) mass is 231 g/mol. The molecule has 7 heteroatoms. The van der Waals surface area contributed by atoms with Gasteiger partial charge in [0, 0.05) is 20.8 Å². The van der Waals surface area contributed by atoms with Gasteiger partial charge in [-0.15, -0.1) is 0 Å². The maximum atomic E-state index is 11.1. The molecule has 0 bridgehead atoms.